The Hall–Kier alpha value is -1.47. The molecule has 2 saturated carbocycles. The van der Waals surface area contributed by atoms with E-state index >= 15 is 0 Å². The molecule has 2 fully saturated rings. The minimum Gasteiger partial charge on any atom is -0.480 e. The predicted molar refractivity (Wildman–Crippen MR) is 67.8 cm³/mol. The van der Waals surface area contributed by atoms with Crippen LogP contribution in [0.15, 0.2) is 0 Å². The molecule has 0 aliphatic heterocycles. The van der Waals surface area contributed by atoms with Gasteiger partial charge in [-0.25, -0.2) is 4.79 Å². The lowest BCUT2D eigenvalue weighted by atomic mass is 10.2. The first kappa shape index (κ1) is 15.9. The fourth-order valence-corrected chi connectivity index (χ4v) is 2.81. The van der Waals surface area contributed by atoms with E-state index in [2.05, 4.69) is 0 Å². The van der Waals surface area contributed by atoms with Crippen LogP contribution in [0.5, 0.6) is 0 Å². The van der Waals surface area contributed by atoms with Crippen molar-refractivity contribution in [2.45, 2.75) is 56.8 Å². The molecular formula is C13H19F3N2O3. The van der Waals surface area contributed by atoms with Crippen LogP contribution in [0.2, 0.25) is 0 Å². The Balaban J connectivity index is 2.11. The van der Waals surface area contributed by atoms with Crippen LogP contribution in [0.3, 0.4) is 0 Å². The zero-order valence-corrected chi connectivity index (χ0v) is 11.6. The van der Waals surface area contributed by atoms with E-state index in [-0.39, 0.29) is 6.04 Å². The molecule has 0 unspecified atom stereocenters. The van der Waals surface area contributed by atoms with Crippen LogP contribution in [0, 0.1) is 0 Å². The van der Waals surface area contributed by atoms with Crippen LogP contribution >= 0.6 is 0 Å². The Labute approximate surface area is 120 Å². The predicted octanol–water partition coefficient (Wildman–Crippen LogP) is 2.46. The summed E-state index contributed by atoms with van der Waals surface area (Å²) in [5.41, 5.74) is 0. The van der Waals surface area contributed by atoms with E-state index in [4.69, 9.17) is 5.11 Å². The van der Waals surface area contributed by atoms with E-state index in [0.29, 0.717) is 25.7 Å². The molecule has 0 radical (unpaired) electrons. The van der Waals surface area contributed by atoms with E-state index in [9.17, 15) is 22.8 Å². The number of carboxylic acids is 1. The minimum absolute atomic E-state index is 0.261. The molecule has 0 heterocycles. The third-order valence-electron chi connectivity index (χ3n) is 3.90. The Morgan fingerprint density at radius 1 is 1.00 bits per heavy atom. The number of aliphatic carboxylic acids is 1. The van der Waals surface area contributed by atoms with Gasteiger partial charge in [-0.15, -0.1) is 0 Å². The highest BCUT2D eigenvalue weighted by Crippen LogP contribution is 2.33. The zero-order valence-electron chi connectivity index (χ0n) is 11.6. The fourth-order valence-electron chi connectivity index (χ4n) is 2.81. The van der Waals surface area contributed by atoms with Crippen LogP contribution in [-0.2, 0) is 4.79 Å². The van der Waals surface area contributed by atoms with Gasteiger partial charge in [0.25, 0.3) is 0 Å². The van der Waals surface area contributed by atoms with E-state index in [0.717, 1.165) is 22.6 Å². The van der Waals surface area contributed by atoms with Gasteiger partial charge in [-0.05, 0) is 25.7 Å². The second-order valence-corrected chi connectivity index (χ2v) is 5.72. The van der Waals surface area contributed by atoms with Crippen molar-refractivity contribution in [3.8, 4) is 0 Å². The second-order valence-electron chi connectivity index (χ2n) is 5.72. The first-order chi connectivity index (χ1) is 9.78. The van der Waals surface area contributed by atoms with Crippen molar-refractivity contribution in [1.29, 1.82) is 0 Å². The van der Waals surface area contributed by atoms with Crippen molar-refractivity contribution in [3.63, 3.8) is 0 Å². The van der Waals surface area contributed by atoms with Crippen molar-refractivity contribution < 1.29 is 27.9 Å². The highest BCUT2D eigenvalue weighted by Gasteiger charge is 2.43. The number of hydrogen-bond donors (Lipinski definition) is 1. The highest BCUT2D eigenvalue weighted by atomic mass is 19.4. The molecule has 8 heteroatoms. The smallest absolute Gasteiger partial charge is 0.406 e. The SMILES string of the molecule is O=C(O)CN(C(=O)N(CC(F)(F)F)C1CC1)C1CCCC1. The summed E-state index contributed by atoms with van der Waals surface area (Å²) in [7, 11) is 0. The number of rotatable bonds is 5. The van der Waals surface area contributed by atoms with Gasteiger partial charge in [-0.2, -0.15) is 13.2 Å². The van der Waals surface area contributed by atoms with Gasteiger partial charge in [0.05, 0.1) is 0 Å². The molecule has 2 aliphatic rings. The summed E-state index contributed by atoms with van der Waals surface area (Å²) in [5.74, 6) is -1.20. The zero-order chi connectivity index (χ0) is 15.6. The number of nitrogens with zero attached hydrogens (tertiary/aromatic N) is 2. The monoisotopic (exact) mass is 308 g/mol. The topological polar surface area (TPSA) is 60.9 Å². The molecule has 120 valence electrons. The molecule has 1 N–H and O–H groups in total. The average molecular weight is 308 g/mol. The van der Waals surface area contributed by atoms with Gasteiger partial charge in [0.2, 0.25) is 0 Å². The first-order valence-electron chi connectivity index (χ1n) is 7.13. The Kier molecular flexibility index (Phi) is 4.63. The van der Waals surface area contributed by atoms with E-state index in [1.54, 1.807) is 0 Å². The second kappa shape index (κ2) is 6.11. The van der Waals surface area contributed by atoms with Gasteiger partial charge in [0, 0.05) is 12.1 Å². The lowest BCUT2D eigenvalue weighted by Gasteiger charge is -2.34. The van der Waals surface area contributed by atoms with E-state index < -0.39 is 37.3 Å². The number of carboxylic acid groups (broad SMARTS) is 1. The van der Waals surface area contributed by atoms with Crippen LogP contribution in [0.25, 0.3) is 0 Å². The lowest BCUT2D eigenvalue weighted by Crippen LogP contribution is -2.52. The standard InChI is InChI=1S/C13H19F3N2O3/c14-13(15,16)8-18(10-5-6-10)12(21)17(7-11(19)20)9-3-1-2-4-9/h9-10H,1-8H2,(H,19,20). The molecule has 0 spiro atoms. The van der Waals surface area contributed by atoms with Crippen LogP contribution in [0.4, 0.5) is 18.0 Å². The van der Waals surface area contributed by atoms with Gasteiger partial charge in [-0.3, -0.25) is 4.79 Å². The highest BCUT2D eigenvalue weighted by molar-refractivity contribution is 5.81. The van der Waals surface area contributed by atoms with Gasteiger partial charge in [0.15, 0.2) is 0 Å². The van der Waals surface area contributed by atoms with Gasteiger partial charge in [0.1, 0.15) is 13.1 Å². The van der Waals surface area contributed by atoms with Gasteiger partial charge >= 0.3 is 18.2 Å². The fraction of sp³-hybridized carbons (Fsp3) is 0.846. The molecule has 2 amide bonds. The molecule has 21 heavy (non-hydrogen) atoms. The summed E-state index contributed by atoms with van der Waals surface area (Å²) < 4.78 is 37.9. The summed E-state index contributed by atoms with van der Waals surface area (Å²) in [5, 5.41) is 8.93. The van der Waals surface area contributed by atoms with Gasteiger partial charge < -0.3 is 14.9 Å². The molecule has 0 atom stereocenters. The van der Waals surface area contributed by atoms with Crippen molar-refractivity contribution in [2.75, 3.05) is 13.1 Å². The van der Waals surface area contributed by atoms with Crippen molar-refractivity contribution in [1.82, 2.24) is 9.80 Å². The number of hydrogen-bond acceptors (Lipinski definition) is 2. The van der Waals surface area contributed by atoms with Crippen molar-refractivity contribution in [3.05, 3.63) is 0 Å². The third kappa shape index (κ3) is 4.50. The minimum atomic E-state index is -4.47. The van der Waals surface area contributed by atoms with Crippen LogP contribution < -0.4 is 0 Å². The maximum atomic E-state index is 12.6. The molecule has 0 saturated heterocycles. The number of alkyl halides is 3. The molecule has 0 bridgehead atoms. The molecule has 2 rings (SSSR count). The lowest BCUT2D eigenvalue weighted by molar-refractivity contribution is -0.143. The van der Waals surface area contributed by atoms with E-state index in [1.165, 1.54) is 0 Å². The summed E-state index contributed by atoms with van der Waals surface area (Å²) in [6.45, 7) is -1.84. The largest absolute Gasteiger partial charge is 0.480 e. The summed E-state index contributed by atoms with van der Waals surface area (Å²) in [6.07, 6.45) is -0.315. The molecule has 0 aromatic rings. The maximum absolute atomic E-state index is 12.6. The molecule has 5 nitrogen and oxygen atoms in total. The maximum Gasteiger partial charge on any atom is 0.406 e. The summed E-state index contributed by atoms with van der Waals surface area (Å²) in [4.78, 5) is 25.2. The number of amides is 2. The van der Waals surface area contributed by atoms with Crippen LogP contribution in [-0.4, -0.2) is 58.3 Å². The number of carbonyl (C=O) groups excluding carboxylic acids is 1. The van der Waals surface area contributed by atoms with Crippen LogP contribution in [0.1, 0.15) is 38.5 Å². The molecule has 2 aliphatic carbocycles. The molecule has 0 aromatic heterocycles. The normalized spacial score (nSPS) is 19.6. The molecule has 0 aromatic carbocycles. The number of halogens is 3. The van der Waals surface area contributed by atoms with Crippen molar-refractivity contribution in [2.24, 2.45) is 0 Å². The Morgan fingerprint density at radius 3 is 1.95 bits per heavy atom. The summed E-state index contributed by atoms with van der Waals surface area (Å²) >= 11 is 0. The first-order valence-corrected chi connectivity index (χ1v) is 7.13. The summed E-state index contributed by atoms with van der Waals surface area (Å²) in [6, 6.07) is -1.45. The Bertz CT molecular complexity index is 404. The third-order valence-corrected chi connectivity index (χ3v) is 3.90. The average Bonchev–Trinajstić information content (AvgIpc) is 3.06. The Morgan fingerprint density at radius 2 is 1.52 bits per heavy atom. The van der Waals surface area contributed by atoms with E-state index in [1.807, 2.05) is 0 Å². The quantitative estimate of drug-likeness (QED) is 0.848. The molecular weight excluding hydrogens is 289 g/mol. The van der Waals surface area contributed by atoms with Crippen molar-refractivity contribution >= 4 is 12.0 Å². The van der Waals surface area contributed by atoms with Gasteiger partial charge in [-0.1, -0.05) is 12.8 Å². The number of carbonyl (C=O) groups is 2. The number of urea groups is 1.